The molecule has 4 nitrogen and oxygen atoms in total. The molecule has 1 aromatic carbocycles. The number of hydrogen-bond acceptors (Lipinski definition) is 2. The van der Waals surface area contributed by atoms with E-state index in [4.69, 9.17) is 0 Å². The zero-order valence-corrected chi connectivity index (χ0v) is 14.3. The van der Waals surface area contributed by atoms with Gasteiger partial charge in [-0.2, -0.15) is 0 Å². The molecule has 24 heavy (non-hydrogen) atoms. The van der Waals surface area contributed by atoms with Crippen molar-refractivity contribution in [1.82, 2.24) is 10.2 Å². The molecule has 1 heterocycles. The van der Waals surface area contributed by atoms with Gasteiger partial charge in [0.15, 0.2) is 0 Å². The summed E-state index contributed by atoms with van der Waals surface area (Å²) < 4.78 is 0. The lowest BCUT2D eigenvalue weighted by molar-refractivity contribution is -0.142. The minimum atomic E-state index is -0.365. The summed E-state index contributed by atoms with van der Waals surface area (Å²) in [6.45, 7) is 0.563. The molecule has 0 radical (unpaired) electrons. The number of likely N-dealkylation sites (N-methyl/N-ethyl adjacent to an activating group) is 1. The highest BCUT2D eigenvalue weighted by Gasteiger charge is 2.42. The minimum Gasteiger partial charge on any atom is -0.357 e. The summed E-state index contributed by atoms with van der Waals surface area (Å²) in [5.41, 5.74) is 2.37. The number of benzene rings is 1. The van der Waals surface area contributed by atoms with Gasteiger partial charge >= 0.3 is 0 Å². The van der Waals surface area contributed by atoms with Crippen molar-refractivity contribution in [3.8, 4) is 0 Å². The molecule has 2 saturated carbocycles. The van der Waals surface area contributed by atoms with E-state index >= 15 is 0 Å². The van der Waals surface area contributed by atoms with E-state index in [-0.39, 0.29) is 17.9 Å². The Morgan fingerprint density at radius 2 is 1.96 bits per heavy atom. The lowest BCUT2D eigenvalue weighted by Gasteiger charge is -2.37. The molecule has 0 unspecified atom stereocenters. The van der Waals surface area contributed by atoms with Gasteiger partial charge in [0.2, 0.25) is 11.8 Å². The summed E-state index contributed by atoms with van der Waals surface area (Å²) in [4.78, 5) is 27.2. The van der Waals surface area contributed by atoms with Crippen LogP contribution in [0.1, 0.15) is 43.2 Å². The largest absolute Gasteiger partial charge is 0.357 e. The van der Waals surface area contributed by atoms with E-state index in [1.165, 1.54) is 36.8 Å². The maximum atomic E-state index is 13.0. The zero-order valence-electron chi connectivity index (χ0n) is 14.3. The van der Waals surface area contributed by atoms with Gasteiger partial charge in [-0.1, -0.05) is 30.7 Å². The summed E-state index contributed by atoms with van der Waals surface area (Å²) in [5, 5.41) is 2.74. The second-order valence-electron chi connectivity index (χ2n) is 7.76. The lowest BCUT2D eigenvalue weighted by atomic mass is 9.85. The first-order valence-corrected chi connectivity index (χ1v) is 9.23. The number of hydrogen-bond donors (Lipinski definition) is 1. The molecular formula is C20H26N2O2. The Morgan fingerprint density at radius 1 is 1.17 bits per heavy atom. The summed E-state index contributed by atoms with van der Waals surface area (Å²) in [6, 6.07) is 7.80. The van der Waals surface area contributed by atoms with Crippen LogP contribution >= 0.6 is 0 Å². The Kier molecular flexibility index (Phi) is 4.07. The van der Waals surface area contributed by atoms with Crippen LogP contribution < -0.4 is 5.32 Å². The van der Waals surface area contributed by atoms with E-state index in [0.717, 1.165) is 11.8 Å². The van der Waals surface area contributed by atoms with Gasteiger partial charge in [0.05, 0.1) is 0 Å². The summed E-state index contributed by atoms with van der Waals surface area (Å²) >= 11 is 0. The number of carbonyl (C=O) groups excluding carboxylic acids is 2. The van der Waals surface area contributed by atoms with Gasteiger partial charge in [-0.05, 0) is 48.1 Å². The quantitative estimate of drug-likeness (QED) is 0.928. The van der Waals surface area contributed by atoms with Crippen molar-refractivity contribution in [2.45, 2.75) is 51.1 Å². The van der Waals surface area contributed by atoms with Crippen LogP contribution in [0.25, 0.3) is 0 Å². The monoisotopic (exact) mass is 326 g/mol. The normalized spacial score (nSPS) is 31.0. The molecule has 3 aliphatic rings. The second kappa shape index (κ2) is 6.23. The Labute approximate surface area is 143 Å². The smallest absolute Gasteiger partial charge is 0.242 e. The van der Waals surface area contributed by atoms with Gasteiger partial charge < -0.3 is 10.2 Å². The van der Waals surface area contributed by atoms with Gasteiger partial charge in [0.1, 0.15) is 6.04 Å². The molecule has 1 N–H and O–H groups in total. The number of rotatable bonds is 3. The molecular weight excluding hydrogens is 300 g/mol. The highest BCUT2D eigenvalue weighted by molar-refractivity contribution is 5.88. The third-order valence-electron chi connectivity index (χ3n) is 6.44. The van der Waals surface area contributed by atoms with E-state index in [0.29, 0.717) is 25.3 Å². The van der Waals surface area contributed by atoms with E-state index in [1.807, 2.05) is 17.0 Å². The molecule has 2 amide bonds. The van der Waals surface area contributed by atoms with Crippen LogP contribution in [-0.2, 0) is 22.6 Å². The third-order valence-corrected chi connectivity index (χ3v) is 6.44. The molecule has 4 rings (SSSR count). The maximum absolute atomic E-state index is 13.0. The molecule has 4 atom stereocenters. The van der Waals surface area contributed by atoms with Gasteiger partial charge in [-0.15, -0.1) is 0 Å². The fourth-order valence-electron chi connectivity index (χ4n) is 5.15. The fourth-order valence-corrected chi connectivity index (χ4v) is 5.15. The van der Waals surface area contributed by atoms with Gasteiger partial charge in [0, 0.05) is 26.4 Å². The van der Waals surface area contributed by atoms with Crippen molar-refractivity contribution in [3.05, 3.63) is 35.4 Å². The van der Waals surface area contributed by atoms with E-state index in [2.05, 4.69) is 17.4 Å². The standard InChI is InChI=1S/C20H26N2O2/c1-21-20(24)18-10-14-4-2-3-5-16(14)12-22(18)19(23)11-17-9-13-6-7-15(17)8-13/h2-5,13,15,17-18H,6-12H2,1H3,(H,21,24)/t13-,15-,17-,18-/m0/s1. The van der Waals surface area contributed by atoms with Crippen molar-refractivity contribution in [2.75, 3.05) is 7.05 Å². The molecule has 1 aliphatic heterocycles. The molecule has 2 bridgehead atoms. The summed E-state index contributed by atoms with van der Waals surface area (Å²) in [6.07, 6.45) is 6.43. The number of fused-ring (bicyclic) bond motifs is 3. The molecule has 2 fully saturated rings. The number of carbonyl (C=O) groups is 2. The first-order valence-electron chi connectivity index (χ1n) is 9.23. The molecule has 128 valence electrons. The zero-order chi connectivity index (χ0) is 16.7. The van der Waals surface area contributed by atoms with Gasteiger partial charge in [0.25, 0.3) is 0 Å². The first-order chi connectivity index (χ1) is 11.7. The third kappa shape index (κ3) is 2.72. The van der Waals surface area contributed by atoms with Crippen LogP contribution in [-0.4, -0.2) is 29.8 Å². The van der Waals surface area contributed by atoms with Crippen LogP contribution in [0.3, 0.4) is 0 Å². The Bertz CT molecular complexity index is 657. The predicted octanol–water partition coefficient (Wildman–Crippen LogP) is 2.51. The minimum absolute atomic E-state index is 0.0502. The van der Waals surface area contributed by atoms with Crippen molar-refractivity contribution < 1.29 is 9.59 Å². The number of nitrogens with one attached hydrogen (secondary N) is 1. The topological polar surface area (TPSA) is 49.4 Å². The number of amides is 2. The van der Waals surface area contributed by atoms with E-state index in [1.54, 1.807) is 7.05 Å². The average Bonchev–Trinajstić information content (AvgIpc) is 3.22. The van der Waals surface area contributed by atoms with Crippen molar-refractivity contribution >= 4 is 11.8 Å². The van der Waals surface area contributed by atoms with E-state index < -0.39 is 0 Å². The second-order valence-corrected chi connectivity index (χ2v) is 7.76. The molecule has 2 aliphatic carbocycles. The Hall–Kier alpha value is -1.84. The highest BCUT2D eigenvalue weighted by Crippen LogP contribution is 2.49. The average molecular weight is 326 g/mol. The van der Waals surface area contributed by atoms with E-state index in [9.17, 15) is 9.59 Å². The Morgan fingerprint density at radius 3 is 2.62 bits per heavy atom. The maximum Gasteiger partial charge on any atom is 0.242 e. The van der Waals surface area contributed by atoms with Crippen LogP contribution in [0, 0.1) is 17.8 Å². The number of nitrogens with zero attached hydrogens (tertiary/aromatic N) is 1. The fraction of sp³-hybridized carbons (Fsp3) is 0.600. The van der Waals surface area contributed by atoms with Crippen LogP contribution in [0.15, 0.2) is 24.3 Å². The molecule has 1 aromatic rings. The van der Waals surface area contributed by atoms with Gasteiger partial charge in [-0.25, -0.2) is 0 Å². The Balaban J connectivity index is 1.52. The van der Waals surface area contributed by atoms with Crippen molar-refractivity contribution in [3.63, 3.8) is 0 Å². The van der Waals surface area contributed by atoms with Crippen LogP contribution in [0.2, 0.25) is 0 Å². The highest BCUT2D eigenvalue weighted by atomic mass is 16.2. The SMILES string of the molecule is CNC(=O)[C@@H]1Cc2ccccc2CN1C(=O)C[C@@H]1C[C@H]2CC[C@H]1C2. The lowest BCUT2D eigenvalue weighted by Crippen LogP contribution is -2.52. The molecule has 0 saturated heterocycles. The molecule has 0 aromatic heterocycles. The summed E-state index contributed by atoms with van der Waals surface area (Å²) in [5.74, 6) is 2.25. The predicted molar refractivity (Wildman–Crippen MR) is 92.1 cm³/mol. The van der Waals surface area contributed by atoms with Crippen molar-refractivity contribution in [1.29, 1.82) is 0 Å². The van der Waals surface area contributed by atoms with Crippen LogP contribution in [0.4, 0.5) is 0 Å². The summed E-state index contributed by atoms with van der Waals surface area (Å²) in [7, 11) is 1.65. The van der Waals surface area contributed by atoms with Gasteiger partial charge in [-0.3, -0.25) is 9.59 Å². The first kappa shape index (κ1) is 15.7. The molecule has 0 spiro atoms. The molecule has 4 heteroatoms. The van der Waals surface area contributed by atoms with Crippen LogP contribution in [0.5, 0.6) is 0 Å². The van der Waals surface area contributed by atoms with Crippen molar-refractivity contribution in [2.24, 2.45) is 17.8 Å².